The normalized spacial score (nSPS) is 12.8. The van der Waals surface area contributed by atoms with Gasteiger partial charge in [0.05, 0.1) is 11.7 Å². The summed E-state index contributed by atoms with van der Waals surface area (Å²) < 4.78 is 50.8. The fourth-order valence-corrected chi connectivity index (χ4v) is 2.13. The molecule has 4 nitrogen and oxygen atoms in total. The summed E-state index contributed by atoms with van der Waals surface area (Å²) in [5, 5.41) is 13.6. The molecule has 0 bridgehead atoms. The van der Waals surface area contributed by atoms with Crippen LogP contribution in [0.15, 0.2) is 70.7 Å². The number of hydrogen-bond donors (Lipinski definition) is 3. The molecular weight excluding hydrogens is 529 g/mol. The summed E-state index contributed by atoms with van der Waals surface area (Å²) in [5.41, 5.74) is 1.41. The number of alkyl halides is 3. The molecule has 0 rings (SSSR count). The molecule has 0 aliphatic rings. The SMILES string of the molecule is C/C=C(\C)Cl.C=C(/C=C/Cl)CN(C)CC.C=C/C(F)=C(\C=C(/C)NC(C)NCC)C(F)(F)F.CC.CO. The Bertz CT molecular complexity index is 686. The molecule has 220 valence electrons. The van der Waals surface area contributed by atoms with Crippen molar-refractivity contribution in [2.75, 3.05) is 33.8 Å². The van der Waals surface area contributed by atoms with Crippen molar-refractivity contribution >= 4 is 23.2 Å². The molecule has 0 saturated heterocycles. The van der Waals surface area contributed by atoms with E-state index in [0.717, 1.165) is 36.9 Å². The molecule has 0 aliphatic heterocycles. The summed E-state index contributed by atoms with van der Waals surface area (Å²) in [6.45, 7) is 24.3. The summed E-state index contributed by atoms with van der Waals surface area (Å²) in [6, 6.07) is 0. The van der Waals surface area contributed by atoms with Gasteiger partial charge in [0, 0.05) is 29.9 Å². The summed E-state index contributed by atoms with van der Waals surface area (Å²) in [5.74, 6) is -1.39. The van der Waals surface area contributed by atoms with E-state index in [4.69, 9.17) is 28.3 Å². The van der Waals surface area contributed by atoms with Gasteiger partial charge in [0.15, 0.2) is 0 Å². The minimum atomic E-state index is -4.75. The van der Waals surface area contributed by atoms with Crippen molar-refractivity contribution < 1.29 is 22.7 Å². The predicted molar refractivity (Wildman–Crippen MR) is 156 cm³/mol. The van der Waals surface area contributed by atoms with E-state index in [1.807, 2.05) is 53.8 Å². The highest BCUT2D eigenvalue weighted by Crippen LogP contribution is 2.30. The van der Waals surface area contributed by atoms with Crippen LogP contribution in [-0.4, -0.2) is 56.1 Å². The van der Waals surface area contributed by atoms with E-state index in [-0.39, 0.29) is 11.9 Å². The summed E-state index contributed by atoms with van der Waals surface area (Å²) in [7, 11) is 3.05. The van der Waals surface area contributed by atoms with Crippen LogP contribution in [0.1, 0.15) is 55.4 Å². The van der Waals surface area contributed by atoms with Crippen LogP contribution in [0.5, 0.6) is 0 Å². The lowest BCUT2D eigenvalue weighted by Gasteiger charge is -2.17. The Morgan fingerprint density at radius 2 is 1.62 bits per heavy atom. The molecular formula is C27H49Cl2F4N3O. The Balaban J connectivity index is -0.000000150. The Morgan fingerprint density at radius 1 is 1.16 bits per heavy atom. The Hall–Kier alpha value is -1.58. The van der Waals surface area contributed by atoms with Gasteiger partial charge >= 0.3 is 6.18 Å². The van der Waals surface area contributed by atoms with Crippen LogP contribution in [0.2, 0.25) is 0 Å². The summed E-state index contributed by atoms with van der Waals surface area (Å²) in [6.07, 6.45) is -0.0177. The van der Waals surface area contributed by atoms with Crippen LogP contribution < -0.4 is 10.6 Å². The molecule has 0 heterocycles. The van der Waals surface area contributed by atoms with Gasteiger partial charge in [0.2, 0.25) is 0 Å². The average molecular weight is 579 g/mol. The van der Waals surface area contributed by atoms with E-state index >= 15 is 0 Å². The molecule has 0 aromatic rings. The molecule has 0 amide bonds. The number of nitrogens with zero attached hydrogens (tertiary/aromatic N) is 1. The Kier molecular flexibility index (Phi) is 37.6. The Morgan fingerprint density at radius 3 is 1.92 bits per heavy atom. The monoisotopic (exact) mass is 577 g/mol. The molecule has 0 aliphatic carbocycles. The van der Waals surface area contributed by atoms with Gasteiger partial charge in [-0.1, -0.05) is 70.1 Å². The first-order chi connectivity index (χ1) is 17.2. The molecule has 0 spiro atoms. The molecule has 0 saturated carbocycles. The van der Waals surface area contributed by atoms with Gasteiger partial charge in [-0.05, 0) is 71.6 Å². The van der Waals surface area contributed by atoms with Gasteiger partial charge in [-0.15, -0.1) is 0 Å². The van der Waals surface area contributed by atoms with E-state index in [1.165, 1.54) is 12.5 Å². The second kappa shape index (κ2) is 30.6. The van der Waals surface area contributed by atoms with Crippen molar-refractivity contribution in [3.05, 3.63) is 70.7 Å². The maximum absolute atomic E-state index is 13.1. The van der Waals surface area contributed by atoms with Crippen LogP contribution in [0.4, 0.5) is 17.6 Å². The molecule has 1 atom stereocenters. The van der Waals surface area contributed by atoms with Gasteiger partial charge in [-0.3, -0.25) is 5.32 Å². The van der Waals surface area contributed by atoms with E-state index in [9.17, 15) is 17.6 Å². The number of likely N-dealkylation sites (N-methyl/N-ethyl adjacent to an activating group) is 1. The zero-order valence-electron chi connectivity index (χ0n) is 24.2. The van der Waals surface area contributed by atoms with E-state index in [0.29, 0.717) is 12.6 Å². The van der Waals surface area contributed by atoms with E-state index in [2.05, 4.69) is 35.6 Å². The first-order valence-electron chi connectivity index (χ1n) is 11.8. The fourth-order valence-electron chi connectivity index (χ4n) is 1.95. The zero-order chi connectivity index (χ0) is 30.6. The largest absolute Gasteiger partial charge is 0.419 e. The van der Waals surface area contributed by atoms with Gasteiger partial charge in [0.1, 0.15) is 5.83 Å². The lowest BCUT2D eigenvalue weighted by atomic mass is 10.2. The molecule has 3 N–H and O–H groups in total. The van der Waals surface area contributed by atoms with Gasteiger partial charge < -0.3 is 15.3 Å². The topological polar surface area (TPSA) is 47.5 Å². The number of aliphatic hydroxyl groups excluding tert-OH is 1. The van der Waals surface area contributed by atoms with E-state index < -0.39 is 17.6 Å². The average Bonchev–Trinajstić information content (AvgIpc) is 2.84. The van der Waals surface area contributed by atoms with Crippen molar-refractivity contribution in [2.24, 2.45) is 0 Å². The van der Waals surface area contributed by atoms with Crippen molar-refractivity contribution in [1.29, 1.82) is 0 Å². The van der Waals surface area contributed by atoms with Gasteiger partial charge in [0.25, 0.3) is 0 Å². The smallest absolute Gasteiger partial charge is 0.400 e. The maximum atomic E-state index is 13.1. The number of allylic oxidation sites excluding steroid dienone is 7. The second-order valence-electron chi connectivity index (χ2n) is 6.87. The predicted octanol–water partition coefficient (Wildman–Crippen LogP) is 8.44. The highest BCUT2D eigenvalue weighted by atomic mass is 35.5. The fraction of sp³-hybridized carbons (Fsp3) is 0.556. The molecule has 10 heteroatoms. The Labute approximate surface area is 233 Å². The molecule has 0 radical (unpaired) electrons. The van der Waals surface area contributed by atoms with Crippen LogP contribution >= 0.6 is 23.2 Å². The van der Waals surface area contributed by atoms with Crippen molar-refractivity contribution in [1.82, 2.24) is 15.5 Å². The first kappa shape index (κ1) is 45.3. The number of rotatable bonds is 10. The number of halogens is 6. The van der Waals surface area contributed by atoms with Crippen molar-refractivity contribution in [3.63, 3.8) is 0 Å². The third kappa shape index (κ3) is 34.4. The lowest BCUT2D eigenvalue weighted by Crippen LogP contribution is -2.38. The van der Waals surface area contributed by atoms with Crippen LogP contribution in [0.3, 0.4) is 0 Å². The minimum absolute atomic E-state index is 0.201. The van der Waals surface area contributed by atoms with Crippen LogP contribution in [-0.2, 0) is 0 Å². The maximum Gasteiger partial charge on any atom is 0.419 e. The molecule has 0 fully saturated rings. The van der Waals surface area contributed by atoms with Gasteiger partial charge in [-0.2, -0.15) is 13.2 Å². The third-order valence-electron chi connectivity index (χ3n) is 3.77. The molecule has 37 heavy (non-hydrogen) atoms. The molecule has 0 aromatic heterocycles. The third-order valence-corrected chi connectivity index (χ3v) is 4.11. The van der Waals surface area contributed by atoms with Crippen LogP contribution in [0, 0.1) is 0 Å². The van der Waals surface area contributed by atoms with Crippen LogP contribution in [0.25, 0.3) is 0 Å². The molecule has 1 unspecified atom stereocenters. The number of aliphatic hydroxyl groups is 1. The van der Waals surface area contributed by atoms with E-state index in [1.54, 1.807) is 6.92 Å². The van der Waals surface area contributed by atoms with Crippen molar-refractivity contribution in [2.45, 2.75) is 67.7 Å². The summed E-state index contributed by atoms with van der Waals surface area (Å²) in [4.78, 5) is 2.17. The minimum Gasteiger partial charge on any atom is -0.400 e. The van der Waals surface area contributed by atoms with Gasteiger partial charge in [-0.25, -0.2) is 4.39 Å². The highest BCUT2D eigenvalue weighted by Gasteiger charge is 2.35. The zero-order valence-corrected chi connectivity index (χ0v) is 25.7. The standard InChI is InChI=1S/C12H18F4N2.C8H14ClN.C4H7Cl.C2H6.CH4O/c1-5-11(13)10(12(14,15)16)7-8(3)18-9(4)17-6-2;1-4-10(3)7-8(2)5-6-9;1-3-4(2)5;2*1-2/h5,7,9,17-18H,1,6H2,2-4H3;5-6H,2,4,7H2,1,3H3;3H,1-2H3;1-2H3;2H,1H3/b8-7+,11-10-;6-5+;4-3+;;. The summed E-state index contributed by atoms with van der Waals surface area (Å²) >= 11 is 10.7. The number of nitrogens with one attached hydrogen (secondary N) is 2. The first-order valence-corrected chi connectivity index (χ1v) is 12.6. The molecule has 0 aromatic carbocycles. The number of hydrogen-bond acceptors (Lipinski definition) is 4. The second-order valence-corrected chi connectivity index (χ2v) is 7.72. The quantitative estimate of drug-likeness (QED) is 0.138. The highest BCUT2D eigenvalue weighted by molar-refractivity contribution is 6.29. The van der Waals surface area contributed by atoms with Crippen molar-refractivity contribution in [3.8, 4) is 0 Å². The lowest BCUT2D eigenvalue weighted by molar-refractivity contribution is -0.0898.